The monoisotopic (exact) mass is 226 g/mol. The van der Waals surface area contributed by atoms with E-state index in [1.165, 1.54) is 0 Å². The van der Waals surface area contributed by atoms with Crippen LogP contribution < -0.4 is 0 Å². The molecule has 0 aromatic carbocycles. The maximum Gasteiger partial charge on any atom is 0.240 e. The van der Waals surface area contributed by atoms with Gasteiger partial charge in [-0.25, -0.2) is 0 Å². The second kappa shape index (κ2) is 4.27. The van der Waals surface area contributed by atoms with Gasteiger partial charge in [0.15, 0.2) is 0 Å². The maximum absolute atomic E-state index is 11.8. The number of nitrogens with one attached hydrogen (secondary N) is 1. The first-order chi connectivity index (χ1) is 7.20. The van der Waals surface area contributed by atoms with E-state index in [-0.39, 0.29) is 11.9 Å². The Morgan fingerprint density at radius 3 is 3.13 bits per heavy atom. The van der Waals surface area contributed by atoms with Crippen molar-refractivity contribution in [3.05, 3.63) is 24.0 Å². The van der Waals surface area contributed by atoms with Crippen molar-refractivity contribution in [2.24, 2.45) is 0 Å². The molecule has 0 aliphatic carbocycles. The number of aromatic nitrogens is 1. The lowest BCUT2D eigenvalue weighted by Crippen LogP contribution is -2.35. The van der Waals surface area contributed by atoms with Crippen molar-refractivity contribution in [1.29, 1.82) is 0 Å². The zero-order chi connectivity index (χ0) is 10.8. The van der Waals surface area contributed by atoms with Gasteiger partial charge in [-0.05, 0) is 31.9 Å². The molecule has 1 fully saturated rings. The van der Waals surface area contributed by atoms with Crippen LogP contribution in [0.3, 0.4) is 0 Å². The smallest absolute Gasteiger partial charge is 0.240 e. The molecule has 15 heavy (non-hydrogen) atoms. The third-order valence-electron chi connectivity index (χ3n) is 2.86. The number of halogens is 1. The van der Waals surface area contributed by atoms with Gasteiger partial charge in [-0.3, -0.25) is 4.79 Å². The molecule has 82 valence electrons. The van der Waals surface area contributed by atoms with Crippen LogP contribution >= 0.6 is 11.6 Å². The topological polar surface area (TPSA) is 36.1 Å². The Balaban J connectivity index is 2.15. The normalized spacial score (nSPS) is 23.1. The number of carbonyl (C=O) groups is 1. The minimum absolute atomic E-state index is 0.0359. The molecule has 0 spiro atoms. The summed E-state index contributed by atoms with van der Waals surface area (Å²) in [6.45, 7) is 2.55. The molecule has 1 saturated heterocycles. The van der Waals surface area contributed by atoms with E-state index in [1.807, 2.05) is 23.2 Å². The SMILES string of the molecule is CC(Cl)C(=O)N1CCCC1c1ccc[nH]1. The van der Waals surface area contributed by atoms with Gasteiger partial charge in [0.05, 0.1) is 6.04 Å². The highest BCUT2D eigenvalue weighted by molar-refractivity contribution is 6.30. The lowest BCUT2D eigenvalue weighted by atomic mass is 10.1. The van der Waals surface area contributed by atoms with Crippen molar-refractivity contribution in [1.82, 2.24) is 9.88 Å². The van der Waals surface area contributed by atoms with Crippen LogP contribution in [0.4, 0.5) is 0 Å². The van der Waals surface area contributed by atoms with Gasteiger partial charge in [0.25, 0.3) is 0 Å². The fourth-order valence-electron chi connectivity index (χ4n) is 2.13. The summed E-state index contributed by atoms with van der Waals surface area (Å²) in [5.74, 6) is 0.0359. The predicted molar refractivity (Wildman–Crippen MR) is 59.8 cm³/mol. The summed E-state index contributed by atoms with van der Waals surface area (Å²) in [6, 6.07) is 4.17. The number of nitrogens with zero attached hydrogens (tertiary/aromatic N) is 1. The fraction of sp³-hybridized carbons (Fsp3) is 0.545. The van der Waals surface area contributed by atoms with Crippen molar-refractivity contribution >= 4 is 17.5 Å². The molecule has 2 heterocycles. The van der Waals surface area contributed by atoms with E-state index in [0.717, 1.165) is 25.1 Å². The minimum Gasteiger partial charge on any atom is -0.363 e. The molecule has 2 atom stereocenters. The first-order valence-corrected chi connectivity index (χ1v) is 5.71. The number of hydrogen-bond donors (Lipinski definition) is 1. The lowest BCUT2D eigenvalue weighted by Gasteiger charge is -2.25. The highest BCUT2D eigenvalue weighted by atomic mass is 35.5. The fourth-order valence-corrected chi connectivity index (χ4v) is 2.26. The molecule has 1 aromatic rings. The number of amides is 1. The average molecular weight is 227 g/mol. The third kappa shape index (κ3) is 2.02. The molecule has 1 aliphatic heterocycles. The van der Waals surface area contributed by atoms with E-state index >= 15 is 0 Å². The molecule has 0 saturated carbocycles. The van der Waals surface area contributed by atoms with E-state index < -0.39 is 5.38 Å². The second-order valence-electron chi connectivity index (χ2n) is 3.93. The van der Waals surface area contributed by atoms with Gasteiger partial charge < -0.3 is 9.88 Å². The Labute approximate surface area is 94.4 Å². The molecule has 4 heteroatoms. The number of likely N-dealkylation sites (tertiary alicyclic amines) is 1. The Bertz CT molecular complexity index is 334. The molecule has 2 unspecified atom stereocenters. The highest BCUT2D eigenvalue weighted by Crippen LogP contribution is 2.31. The van der Waals surface area contributed by atoms with Crippen LogP contribution in [0.2, 0.25) is 0 Å². The standard InChI is InChI=1S/C11H15ClN2O/c1-8(12)11(15)14-7-3-5-10(14)9-4-2-6-13-9/h2,4,6,8,10,13H,3,5,7H2,1H3. The number of aromatic amines is 1. The van der Waals surface area contributed by atoms with E-state index in [1.54, 1.807) is 6.92 Å². The van der Waals surface area contributed by atoms with Gasteiger partial charge >= 0.3 is 0 Å². The summed E-state index contributed by atoms with van der Waals surface area (Å²) in [7, 11) is 0. The summed E-state index contributed by atoms with van der Waals surface area (Å²) in [5, 5.41) is -0.430. The van der Waals surface area contributed by atoms with Crippen LogP contribution in [0.5, 0.6) is 0 Å². The van der Waals surface area contributed by atoms with E-state index in [2.05, 4.69) is 4.98 Å². The Hall–Kier alpha value is -0.960. The lowest BCUT2D eigenvalue weighted by molar-refractivity contribution is -0.131. The van der Waals surface area contributed by atoms with Crippen LogP contribution in [0.25, 0.3) is 0 Å². The molecule has 1 amide bonds. The molecule has 1 aliphatic rings. The molecule has 2 rings (SSSR count). The van der Waals surface area contributed by atoms with Crippen molar-refractivity contribution in [2.75, 3.05) is 6.54 Å². The predicted octanol–water partition coefficient (Wildman–Crippen LogP) is 2.31. The van der Waals surface area contributed by atoms with Crippen LogP contribution in [-0.2, 0) is 4.79 Å². The van der Waals surface area contributed by atoms with E-state index in [0.29, 0.717) is 0 Å². The Morgan fingerprint density at radius 1 is 1.73 bits per heavy atom. The third-order valence-corrected chi connectivity index (χ3v) is 3.04. The van der Waals surface area contributed by atoms with Gasteiger partial charge in [-0.15, -0.1) is 11.6 Å². The quantitative estimate of drug-likeness (QED) is 0.772. The van der Waals surface area contributed by atoms with Gasteiger partial charge in [0.2, 0.25) is 5.91 Å². The summed E-state index contributed by atoms with van der Waals surface area (Å²) >= 11 is 5.83. The minimum atomic E-state index is -0.430. The zero-order valence-corrected chi connectivity index (χ0v) is 9.50. The van der Waals surface area contributed by atoms with E-state index in [9.17, 15) is 4.79 Å². The summed E-state index contributed by atoms with van der Waals surface area (Å²) in [5.41, 5.74) is 1.11. The largest absolute Gasteiger partial charge is 0.363 e. The summed E-state index contributed by atoms with van der Waals surface area (Å²) in [6.07, 6.45) is 3.97. The molecule has 1 N–H and O–H groups in total. The molecular formula is C11H15ClN2O. The molecular weight excluding hydrogens is 212 g/mol. The van der Waals surface area contributed by atoms with Crippen LogP contribution in [0.15, 0.2) is 18.3 Å². The van der Waals surface area contributed by atoms with Crippen LogP contribution in [0, 0.1) is 0 Å². The number of H-pyrrole nitrogens is 1. The Morgan fingerprint density at radius 2 is 2.53 bits per heavy atom. The highest BCUT2D eigenvalue weighted by Gasteiger charge is 2.32. The first kappa shape index (κ1) is 10.6. The number of rotatable bonds is 2. The van der Waals surface area contributed by atoms with Crippen molar-refractivity contribution < 1.29 is 4.79 Å². The van der Waals surface area contributed by atoms with Crippen LogP contribution in [-0.4, -0.2) is 27.7 Å². The van der Waals surface area contributed by atoms with Gasteiger partial charge in [0, 0.05) is 18.4 Å². The first-order valence-electron chi connectivity index (χ1n) is 5.28. The molecule has 1 aromatic heterocycles. The molecule has 3 nitrogen and oxygen atoms in total. The van der Waals surface area contributed by atoms with Crippen molar-refractivity contribution in [3.8, 4) is 0 Å². The van der Waals surface area contributed by atoms with Crippen LogP contribution in [0.1, 0.15) is 31.5 Å². The number of hydrogen-bond acceptors (Lipinski definition) is 1. The Kier molecular flexibility index (Phi) is 3.00. The van der Waals surface area contributed by atoms with Gasteiger partial charge in [-0.2, -0.15) is 0 Å². The van der Waals surface area contributed by atoms with Gasteiger partial charge in [-0.1, -0.05) is 0 Å². The van der Waals surface area contributed by atoms with E-state index in [4.69, 9.17) is 11.6 Å². The maximum atomic E-state index is 11.8. The number of carbonyl (C=O) groups excluding carboxylic acids is 1. The number of alkyl halides is 1. The second-order valence-corrected chi connectivity index (χ2v) is 4.59. The molecule has 0 radical (unpaired) electrons. The van der Waals surface area contributed by atoms with Crippen molar-refractivity contribution in [3.63, 3.8) is 0 Å². The summed E-state index contributed by atoms with van der Waals surface area (Å²) < 4.78 is 0. The molecule has 0 bridgehead atoms. The average Bonchev–Trinajstić information content (AvgIpc) is 2.86. The zero-order valence-electron chi connectivity index (χ0n) is 8.74. The summed E-state index contributed by atoms with van der Waals surface area (Å²) in [4.78, 5) is 16.9. The van der Waals surface area contributed by atoms with Gasteiger partial charge in [0.1, 0.15) is 5.38 Å². The van der Waals surface area contributed by atoms with Crippen molar-refractivity contribution in [2.45, 2.75) is 31.2 Å².